The summed E-state index contributed by atoms with van der Waals surface area (Å²) in [6, 6.07) is 1.49. The van der Waals surface area contributed by atoms with Crippen molar-refractivity contribution in [3.05, 3.63) is 28.8 Å². The summed E-state index contributed by atoms with van der Waals surface area (Å²) in [5.41, 5.74) is 0.523. The molecule has 0 heterocycles. The molecule has 0 atom stereocenters. The maximum atomic E-state index is 13.0. The lowest BCUT2D eigenvalue weighted by atomic mass is 9.88. The maximum Gasteiger partial charge on any atom is 0.430 e. The molecule has 0 aromatic heterocycles. The van der Waals surface area contributed by atoms with E-state index in [9.17, 15) is 26.3 Å². The average Bonchev–Trinajstić information content (AvgIpc) is 2.23. The third kappa shape index (κ3) is 2.32. The number of hydrogen-bond donors (Lipinski definition) is 1. The molecule has 1 aromatic rings. The number of anilines is 1. The van der Waals surface area contributed by atoms with E-state index in [2.05, 4.69) is 4.74 Å². The molecule has 0 radical (unpaired) electrons. The molecule has 0 saturated heterocycles. The van der Waals surface area contributed by atoms with Gasteiger partial charge in [0, 0.05) is 18.4 Å². The first-order chi connectivity index (χ1) is 8.88. The van der Waals surface area contributed by atoms with Crippen LogP contribution in [0.3, 0.4) is 0 Å². The highest BCUT2D eigenvalue weighted by molar-refractivity contribution is 5.55. The van der Waals surface area contributed by atoms with Gasteiger partial charge in [-0.15, -0.1) is 0 Å². The Hall–Kier alpha value is -1.44. The number of rotatable bonds is 2. The summed E-state index contributed by atoms with van der Waals surface area (Å²) in [7, 11) is 0.377. The summed E-state index contributed by atoms with van der Waals surface area (Å²) in [6.07, 6.45) is -11.3. The highest BCUT2D eigenvalue weighted by atomic mass is 19.4. The van der Waals surface area contributed by atoms with Crippen LogP contribution in [0.4, 0.5) is 32.0 Å². The Bertz CT molecular complexity index is 469. The molecule has 0 amide bonds. The van der Waals surface area contributed by atoms with E-state index in [-0.39, 0.29) is 16.8 Å². The number of aryl methyl sites for hydroxylation is 2. The van der Waals surface area contributed by atoms with Crippen molar-refractivity contribution >= 4 is 5.69 Å². The second kappa shape index (κ2) is 4.83. The smallest absolute Gasteiger partial charge is 0.398 e. The van der Waals surface area contributed by atoms with Crippen molar-refractivity contribution in [2.45, 2.75) is 31.8 Å². The van der Waals surface area contributed by atoms with Crippen LogP contribution in [0.1, 0.15) is 16.7 Å². The molecular weight excluding hydrogens is 288 g/mol. The number of nitrogen functional groups attached to an aromatic ring is 1. The van der Waals surface area contributed by atoms with Gasteiger partial charge in [0.1, 0.15) is 0 Å². The first-order valence-electron chi connectivity index (χ1n) is 5.44. The van der Waals surface area contributed by atoms with E-state index < -0.39 is 23.5 Å². The van der Waals surface area contributed by atoms with Crippen LogP contribution >= 0.6 is 0 Å². The van der Waals surface area contributed by atoms with E-state index in [1.54, 1.807) is 0 Å². The third-order valence-electron chi connectivity index (χ3n) is 3.10. The largest absolute Gasteiger partial charge is 0.430 e. The second-order valence-electron chi connectivity index (χ2n) is 4.40. The van der Waals surface area contributed by atoms with Crippen LogP contribution in [0, 0.1) is 13.8 Å². The molecule has 20 heavy (non-hydrogen) atoms. The van der Waals surface area contributed by atoms with Crippen LogP contribution in [0.2, 0.25) is 0 Å². The van der Waals surface area contributed by atoms with Gasteiger partial charge in [-0.1, -0.05) is 12.1 Å². The fourth-order valence-corrected chi connectivity index (χ4v) is 2.02. The summed E-state index contributed by atoms with van der Waals surface area (Å²) < 4.78 is 82.2. The fourth-order valence-electron chi connectivity index (χ4n) is 2.02. The molecule has 0 spiro atoms. The molecule has 8 heteroatoms. The van der Waals surface area contributed by atoms with Crippen molar-refractivity contribution in [2.24, 2.45) is 0 Å². The van der Waals surface area contributed by atoms with Crippen LogP contribution in [-0.4, -0.2) is 19.5 Å². The zero-order chi connectivity index (χ0) is 15.9. The zero-order valence-electron chi connectivity index (χ0n) is 10.9. The van der Waals surface area contributed by atoms with Gasteiger partial charge in [0.25, 0.3) is 5.60 Å². The third-order valence-corrected chi connectivity index (χ3v) is 3.10. The van der Waals surface area contributed by atoms with Gasteiger partial charge in [-0.05, 0) is 25.0 Å². The monoisotopic (exact) mass is 301 g/mol. The molecule has 2 nitrogen and oxygen atoms in total. The SMILES string of the molecule is COC(c1cc(C)c(N)c(C)c1)(C(F)(F)F)C(F)(F)F. The van der Waals surface area contributed by atoms with Crippen LogP contribution in [0.5, 0.6) is 0 Å². The number of benzene rings is 1. The zero-order valence-corrected chi connectivity index (χ0v) is 10.9. The molecular formula is C12H13F6NO. The van der Waals surface area contributed by atoms with Gasteiger partial charge < -0.3 is 10.5 Å². The Morgan fingerprint density at radius 2 is 1.25 bits per heavy atom. The molecule has 0 aliphatic carbocycles. The Morgan fingerprint density at radius 1 is 0.900 bits per heavy atom. The molecule has 2 N–H and O–H groups in total. The summed E-state index contributed by atoms with van der Waals surface area (Å²) in [4.78, 5) is 0. The standard InChI is InChI=1S/C12H13F6NO/c1-6-4-8(5-7(2)9(6)19)10(20-3,11(13,14)15)12(16,17)18/h4-5H,19H2,1-3H3. The van der Waals surface area contributed by atoms with Gasteiger partial charge in [0.15, 0.2) is 0 Å². The maximum absolute atomic E-state index is 13.0. The number of nitrogens with two attached hydrogens (primary N) is 1. The molecule has 1 aromatic carbocycles. The first-order valence-corrected chi connectivity index (χ1v) is 5.44. The highest BCUT2D eigenvalue weighted by Crippen LogP contribution is 2.53. The summed E-state index contributed by atoms with van der Waals surface area (Å²) in [6.45, 7) is 2.66. The van der Waals surface area contributed by atoms with Crippen LogP contribution < -0.4 is 5.73 Å². The lowest BCUT2D eigenvalue weighted by Crippen LogP contribution is -2.55. The van der Waals surface area contributed by atoms with Crippen molar-refractivity contribution in [1.82, 2.24) is 0 Å². The van der Waals surface area contributed by atoms with Crippen molar-refractivity contribution in [3.8, 4) is 0 Å². The number of halogens is 6. The van der Waals surface area contributed by atoms with Crippen LogP contribution in [-0.2, 0) is 10.3 Å². The van der Waals surface area contributed by atoms with Gasteiger partial charge >= 0.3 is 12.4 Å². The predicted octanol–water partition coefficient (Wildman–Crippen LogP) is 3.85. The molecule has 0 bridgehead atoms. The fraction of sp³-hybridized carbons (Fsp3) is 0.500. The average molecular weight is 301 g/mol. The molecule has 0 aliphatic rings. The number of methoxy groups -OCH3 is 1. The van der Waals surface area contributed by atoms with Crippen molar-refractivity contribution in [3.63, 3.8) is 0 Å². The normalized spacial score (nSPS) is 13.7. The molecule has 0 fully saturated rings. The molecule has 1 rings (SSSR count). The van der Waals surface area contributed by atoms with Gasteiger partial charge in [0.2, 0.25) is 0 Å². The van der Waals surface area contributed by atoms with Crippen molar-refractivity contribution < 1.29 is 31.1 Å². The Morgan fingerprint density at radius 3 is 1.50 bits per heavy atom. The number of alkyl halides is 6. The van der Waals surface area contributed by atoms with E-state index in [1.165, 1.54) is 13.8 Å². The predicted molar refractivity (Wildman–Crippen MR) is 61.1 cm³/mol. The van der Waals surface area contributed by atoms with Gasteiger partial charge in [-0.25, -0.2) is 0 Å². The minimum atomic E-state index is -5.66. The lowest BCUT2D eigenvalue weighted by Gasteiger charge is -2.36. The molecule has 0 unspecified atom stereocenters. The molecule has 0 saturated carbocycles. The number of hydrogen-bond acceptors (Lipinski definition) is 2. The Kier molecular flexibility index (Phi) is 4.02. The van der Waals surface area contributed by atoms with E-state index in [0.29, 0.717) is 7.11 Å². The lowest BCUT2D eigenvalue weighted by molar-refractivity contribution is -0.383. The van der Waals surface area contributed by atoms with Gasteiger partial charge in [0.05, 0.1) is 0 Å². The second-order valence-corrected chi connectivity index (χ2v) is 4.40. The topological polar surface area (TPSA) is 35.2 Å². The highest BCUT2D eigenvalue weighted by Gasteiger charge is 2.73. The van der Waals surface area contributed by atoms with Gasteiger partial charge in [-0.2, -0.15) is 26.3 Å². The summed E-state index contributed by atoms with van der Waals surface area (Å²) >= 11 is 0. The quantitative estimate of drug-likeness (QED) is 0.665. The minimum absolute atomic E-state index is 0.120. The molecule has 114 valence electrons. The van der Waals surface area contributed by atoms with E-state index in [0.717, 1.165) is 12.1 Å². The minimum Gasteiger partial charge on any atom is -0.398 e. The van der Waals surface area contributed by atoms with E-state index >= 15 is 0 Å². The van der Waals surface area contributed by atoms with Crippen molar-refractivity contribution in [2.75, 3.05) is 12.8 Å². The number of ether oxygens (including phenoxy) is 1. The van der Waals surface area contributed by atoms with E-state index in [1.807, 2.05) is 0 Å². The summed E-state index contributed by atoms with van der Waals surface area (Å²) in [5.74, 6) is 0. The Balaban J connectivity index is 3.71. The van der Waals surface area contributed by atoms with Crippen LogP contribution in [0.15, 0.2) is 12.1 Å². The van der Waals surface area contributed by atoms with Crippen LogP contribution in [0.25, 0.3) is 0 Å². The van der Waals surface area contributed by atoms with Gasteiger partial charge in [-0.3, -0.25) is 0 Å². The van der Waals surface area contributed by atoms with E-state index in [4.69, 9.17) is 5.73 Å². The molecule has 0 aliphatic heterocycles. The Labute approximate surface area is 111 Å². The summed E-state index contributed by atoms with van der Waals surface area (Å²) in [5, 5.41) is 0. The van der Waals surface area contributed by atoms with Crippen molar-refractivity contribution in [1.29, 1.82) is 0 Å². The first kappa shape index (κ1) is 16.6.